The fraction of sp³-hybridized carbons (Fsp3) is 0.429. The molecule has 8 nitrogen and oxygen atoms in total. The predicted molar refractivity (Wildman–Crippen MR) is 103 cm³/mol. The van der Waals surface area contributed by atoms with Crippen molar-refractivity contribution in [3.05, 3.63) is 63.7 Å². The van der Waals surface area contributed by atoms with E-state index in [0.717, 1.165) is 5.56 Å². The Morgan fingerprint density at radius 3 is 2.79 bits per heavy atom. The molecule has 0 radical (unpaired) electrons. The molecule has 2 aromatic carbocycles. The van der Waals surface area contributed by atoms with E-state index in [1.165, 1.54) is 7.11 Å². The zero-order valence-electron chi connectivity index (χ0n) is 16.1. The third-order valence-electron chi connectivity index (χ3n) is 5.56. The number of rotatable bonds is 6. The van der Waals surface area contributed by atoms with E-state index in [9.17, 15) is 15.2 Å². The molecular weight excluding hydrogens is 378 g/mol. The van der Waals surface area contributed by atoms with Gasteiger partial charge in [0.15, 0.2) is 11.5 Å². The smallest absolute Gasteiger partial charge is 0.272 e. The van der Waals surface area contributed by atoms with Crippen LogP contribution in [0.15, 0.2) is 42.5 Å². The molecule has 1 fully saturated rings. The molecule has 0 saturated heterocycles. The molecule has 4 rings (SSSR count). The van der Waals surface area contributed by atoms with Gasteiger partial charge in [-0.1, -0.05) is 30.3 Å². The minimum atomic E-state index is -1.87. The van der Waals surface area contributed by atoms with Crippen molar-refractivity contribution in [1.82, 2.24) is 0 Å². The molecule has 154 valence electrons. The molecule has 3 unspecified atom stereocenters. The molecule has 1 heterocycles. The van der Waals surface area contributed by atoms with Crippen LogP contribution >= 0.6 is 0 Å². The fourth-order valence-corrected chi connectivity index (χ4v) is 4.16. The number of ether oxygens (including phenoxy) is 4. The molecule has 0 bridgehead atoms. The third-order valence-corrected chi connectivity index (χ3v) is 5.56. The molecule has 1 aliphatic carbocycles. The van der Waals surface area contributed by atoms with Crippen molar-refractivity contribution in [2.45, 2.75) is 43.6 Å². The quantitative estimate of drug-likeness (QED) is 0.450. The average Bonchev–Trinajstić information content (AvgIpc) is 3.20. The summed E-state index contributed by atoms with van der Waals surface area (Å²) in [5.74, 6) is -0.994. The van der Waals surface area contributed by atoms with Crippen molar-refractivity contribution in [2.24, 2.45) is 0 Å². The minimum Gasteiger partial charge on any atom is -0.493 e. The van der Waals surface area contributed by atoms with Crippen LogP contribution in [0, 0.1) is 10.1 Å². The van der Waals surface area contributed by atoms with Gasteiger partial charge in [0, 0.05) is 11.3 Å². The van der Waals surface area contributed by atoms with Crippen LogP contribution in [-0.2, 0) is 11.3 Å². The van der Waals surface area contributed by atoms with Gasteiger partial charge in [0.05, 0.1) is 19.6 Å². The standard InChI is InChI=1S/C21H23NO7/c1-26-17-10-15(11-18-19(17)28-13-27-18)16-8-5-9-21(23,20(16)22(24)25)29-12-14-6-3-2-4-7-14/h2-4,6-7,10-11,16,20,23H,5,8-9,12-13H2,1H3. The lowest BCUT2D eigenvalue weighted by Gasteiger charge is -2.38. The van der Waals surface area contributed by atoms with Crippen LogP contribution in [-0.4, -0.2) is 35.8 Å². The van der Waals surface area contributed by atoms with E-state index in [0.29, 0.717) is 35.7 Å². The van der Waals surface area contributed by atoms with Gasteiger partial charge in [0.25, 0.3) is 6.04 Å². The molecule has 2 aliphatic rings. The van der Waals surface area contributed by atoms with Gasteiger partial charge >= 0.3 is 0 Å². The molecule has 3 atom stereocenters. The summed E-state index contributed by atoms with van der Waals surface area (Å²) in [5.41, 5.74) is 1.50. The molecule has 2 aromatic rings. The number of nitro groups is 1. The summed E-state index contributed by atoms with van der Waals surface area (Å²) in [5, 5.41) is 23.2. The van der Waals surface area contributed by atoms with Crippen LogP contribution in [0.1, 0.15) is 36.3 Å². The molecule has 0 amide bonds. The fourth-order valence-electron chi connectivity index (χ4n) is 4.16. The van der Waals surface area contributed by atoms with Crippen molar-refractivity contribution in [2.75, 3.05) is 13.9 Å². The second-order valence-corrected chi connectivity index (χ2v) is 7.30. The molecular formula is C21H23NO7. The molecule has 1 aliphatic heterocycles. The number of nitrogens with zero attached hydrogens (tertiary/aromatic N) is 1. The lowest BCUT2D eigenvalue weighted by atomic mass is 9.76. The lowest BCUT2D eigenvalue weighted by Crippen LogP contribution is -2.54. The first kappa shape index (κ1) is 19.5. The highest BCUT2D eigenvalue weighted by Gasteiger charge is 2.54. The van der Waals surface area contributed by atoms with Gasteiger partial charge in [0.1, 0.15) is 0 Å². The van der Waals surface area contributed by atoms with Gasteiger partial charge in [-0.15, -0.1) is 0 Å². The molecule has 0 spiro atoms. The minimum absolute atomic E-state index is 0.0720. The van der Waals surface area contributed by atoms with Crippen molar-refractivity contribution >= 4 is 0 Å². The SMILES string of the molecule is COc1cc(C2CCCC(O)(OCc3ccccc3)C2[N+](=O)[O-])cc2c1OCO2. The summed E-state index contributed by atoms with van der Waals surface area (Å²) in [6.07, 6.45) is 1.34. The van der Waals surface area contributed by atoms with Crippen LogP contribution in [0.2, 0.25) is 0 Å². The maximum atomic E-state index is 12.0. The second-order valence-electron chi connectivity index (χ2n) is 7.30. The molecule has 29 heavy (non-hydrogen) atoms. The Morgan fingerprint density at radius 1 is 1.28 bits per heavy atom. The number of benzene rings is 2. The number of hydrogen-bond donors (Lipinski definition) is 1. The Bertz CT molecular complexity index is 888. The second kappa shape index (κ2) is 7.88. The van der Waals surface area contributed by atoms with Crippen molar-refractivity contribution in [3.63, 3.8) is 0 Å². The van der Waals surface area contributed by atoms with Gasteiger partial charge in [-0.2, -0.15) is 0 Å². The van der Waals surface area contributed by atoms with Crippen LogP contribution in [0.5, 0.6) is 17.2 Å². The number of aliphatic hydroxyl groups is 1. The third kappa shape index (κ3) is 3.73. The summed E-state index contributed by atoms with van der Waals surface area (Å²) < 4.78 is 22.0. The topological polar surface area (TPSA) is 100 Å². The summed E-state index contributed by atoms with van der Waals surface area (Å²) >= 11 is 0. The van der Waals surface area contributed by atoms with Crippen molar-refractivity contribution in [3.8, 4) is 17.2 Å². The summed E-state index contributed by atoms with van der Waals surface area (Å²) in [4.78, 5) is 11.6. The van der Waals surface area contributed by atoms with E-state index in [1.807, 2.05) is 30.3 Å². The number of methoxy groups -OCH3 is 1. The molecule has 1 N–H and O–H groups in total. The van der Waals surface area contributed by atoms with E-state index >= 15 is 0 Å². The van der Waals surface area contributed by atoms with E-state index in [-0.39, 0.29) is 19.8 Å². The van der Waals surface area contributed by atoms with Crippen LogP contribution in [0.3, 0.4) is 0 Å². The van der Waals surface area contributed by atoms with E-state index in [1.54, 1.807) is 12.1 Å². The Morgan fingerprint density at radius 2 is 2.07 bits per heavy atom. The van der Waals surface area contributed by atoms with Crippen LogP contribution in [0.25, 0.3) is 0 Å². The van der Waals surface area contributed by atoms with Gasteiger partial charge in [-0.25, -0.2) is 0 Å². The van der Waals surface area contributed by atoms with E-state index in [4.69, 9.17) is 18.9 Å². The normalized spacial score (nSPS) is 25.6. The molecule has 1 saturated carbocycles. The summed E-state index contributed by atoms with van der Waals surface area (Å²) in [6.45, 7) is 0.168. The maximum Gasteiger partial charge on any atom is 0.272 e. The molecule has 8 heteroatoms. The highest BCUT2D eigenvalue weighted by Crippen LogP contribution is 2.47. The summed E-state index contributed by atoms with van der Waals surface area (Å²) in [6, 6.07) is 11.4. The Balaban J connectivity index is 1.64. The van der Waals surface area contributed by atoms with Crippen LogP contribution < -0.4 is 14.2 Å². The Hall–Kier alpha value is -2.84. The highest BCUT2D eigenvalue weighted by molar-refractivity contribution is 5.56. The largest absolute Gasteiger partial charge is 0.493 e. The average molecular weight is 401 g/mol. The van der Waals surface area contributed by atoms with Crippen LogP contribution in [0.4, 0.5) is 0 Å². The first-order chi connectivity index (χ1) is 14.0. The summed E-state index contributed by atoms with van der Waals surface area (Å²) in [7, 11) is 1.51. The maximum absolute atomic E-state index is 12.0. The van der Waals surface area contributed by atoms with Gasteiger partial charge in [-0.3, -0.25) is 10.1 Å². The predicted octanol–water partition coefficient (Wildman–Crippen LogP) is 3.24. The van der Waals surface area contributed by atoms with Gasteiger partial charge < -0.3 is 24.1 Å². The number of hydrogen-bond acceptors (Lipinski definition) is 7. The lowest BCUT2D eigenvalue weighted by molar-refractivity contribution is -0.574. The van der Waals surface area contributed by atoms with E-state index in [2.05, 4.69) is 0 Å². The Kier molecular flexibility index (Phi) is 5.29. The van der Waals surface area contributed by atoms with E-state index < -0.39 is 22.7 Å². The monoisotopic (exact) mass is 401 g/mol. The Labute approximate surface area is 168 Å². The van der Waals surface area contributed by atoms with Gasteiger partial charge in [-0.05, 0) is 36.1 Å². The first-order valence-electron chi connectivity index (χ1n) is 9.53. The van der Waals surface area contributed by atoms with Gasteiger partial charge in [0.2, 0.25) is 18.3 Å². The highest BCUT2D eigenvalue weighted by atomic mass is 16.7. The first-order valence-corrected chi connectivity index (χ1v) is 9.53. The zero-order chi connectivity index (χ0) is 20.4. The van der Waals surface area contributed by atoms with Crippen molar-refractivity contribution in [1.29, 1.82) is 0 Å². The number of fused-ring (bicyclic) bond motifs is 1. The van der Waals surface area contributed by atoms with Crippen molar-refractivity contribution < 1.29 is 29.0 Å². The molecule has 0 aromatic heterocycles. The zero-order valence-corrected chi connectivity index (χ0v) is 16.1.